The molecule has 9 heavy (non-hydrogen) atoms. The van der Waals surface area contributed by atoms with Gasteiger partial charge < -0.3 is 0 Å². The van der Waals surface area contributed by atoms with Crippen LogP contribution < -0.4 is 0 Å². The zero-order chi connectivity index (χ0) is 6.85. The lowest BCUT2D eigenvalue weighted by Gasteiger charge is -2.12. The summed E-state index contributed by atoms with van der Waals surface area (Å²) in [7, 11) is 0. The van der Waals surface area contributed by atoms with E-state index in [4.69, 9.17) is 0 Å². The van der Waals surface area contributed by atoms with Crippen LogP contribution in [0.5, 0.6) is 0 Å². The molecule has 0 N–H and O–H groups in total. The first-order chi connectivity index (χ1) is 4.20. The summed E-state index contributed by atoms with van der Waals surface area (Å²) in [6.45, 7) is 2.11. The lowest BCUT2D eigenvalue weighted by Crippen LogP contribution is -2.09. The van der Waals surface area contributed by atoms with Crippen molar-refractivity contribution < 1.29 is 4.79 Å². The third-order valence-corrected chi connectivity index (χ3v) is 2.54. The standard InChI is InChI=1S/C7H9IO/c1-5-2-3-6(8)7(9)4-5/h3,5H,2,4H2,1H3. The lowest BCUT2D eigenvalue weighted by atomic mass is 9.96. The molecule has 0 aromatic heterocycles. The normalized spacial score (nSPS) is 28.0. The van der Waals surface area contributed by atoms with Gasteiger partial charge in [0, 0.05) is 6.42 Å². The Kier molecular flexibility index (Phi) is 2.27. The molecule has 1 unspecified atom stereocenters. The Morgan fingerprint density at radius 1 is 1.78 bits per heavy atom. The zero-order valence-corrected chi connectivity index (χ0v) is 7.51. The van der Waals surface area contributed by atoms with Crippen LogP contribution in [0.25, 0.3) is 0 Å². The van der Waals surface area contributed by atoms with E-state index in [0.717, 1.165) is 16.4 Å². The minimum Gasteiger partial charge on any atom is -0.294 e. The fourth-order valence-corrected chi connectivity index (χ4v) is 1.39. The highest BCUT2D eigenvalue weighted by Gasteiger charge is 2.15. The lowest BCUT2D eigenvalue weighted by molar-refractivity contribution is -0.115. The fourth-order valence-electron chi connectivity index (χ4n) is 0.916. The van der Waals surface area contributed by atoms with Crippen molar-refractivity contribution in [3.05, 3.63) is 9.66 Å². The Hall–Kier alpha value is 0.140. The van der Waals surface area contributed by atoms with Crippen LogP contribution in [0.1, 0.15) is 19.8 Å². The zero-order valence-electron chi connectivity index (χ0n) is 5.36. The average Bonchev–Trinajstić information content (AvgIpc) is 1.80. The van der Waals surface area contributed by atoms with Crippen LogP contribution >= 0.6 is 22.6 Å². The van der Waals surface area contributed by atoms with E-state index in [2.05, 4.69) is 29.5 Å². The SMILES string of the molecule is CC1CC=C(I)C(=O)C1. The summed E-state index contributed by atoms with van der Waals surface area (Å²) >= 11 is 2.10. The molecule has 2 heteroatoms. The van der Waals surface area contributed by atoms with Gasteiger partial charge in [-0.05, 0) is 34.9 Å². The first-order valence-corrected chi connectivity index (χ1v) is 4.17. The number of hydrogen-bond donors (Lipinski definition) is 0. The van der Waals surface area contributed by atoms with Crippen molar-refractivity contribution >= 4 is 28.4 Å². The molecule has 1 aliphatic rings. The van der Waals surface area contributed by atoms with Crippen molar-refractivity contribution in [2.24, 2.45) is 5.92 Å². The molecule has 0 saturated heterocycles. The Morgan fingerprint density at radius 3 is 2.89 bits per heavy atom. The van der Waals surface area contributed by atoms with Gasteiger partial charge in [-0.25, -0.2) is 0 Å². The summed E-state index contributed by atoms with van der Waals surface area (Å²) < 4.78 is 0.922. The maximum atomic E-state index is 10.9. The first kappa shape index (κ1) is 7.25. The van der Waals surface area contributed by atoms with Crippen molar-refractivity contribution in [3.8, 4) is 0 Å². The molecule has 0 amide bonds. The molecular weight excluding hydrogens is 227 g/mol. The van der Waals surface area contributed by atoms with Crippen LogP contribution in [0, 0.1) is 5.92 Å². The van der Waals surface area contributed by atoms with E-state index in [0.29, 0.717) is 11.7 Å². The van der Waals surface area contributed by atoms with Crippen LogP contribution in [0.15, 0.2) is 9.66 Å². The van der Waals surface area contributed by atoms with E-state index in [1.807, 2.05) is 6.08 Å². The molecule has 0 radical (unpaired) electrons. The highest BCUT2D eigenvalue weighted by molar-refractivity contribution is 14.1. The molecule has 0 spiro atoms. The molecule has 1 aliphatic carbocycles. The van der Waals surface area contributed by atoms with Crippen LogP contribution in [0.2, 0.25) is 0 Å². The number of halogens is 1. The summed E-state index contributed by atoms with van der Waals surface area (Å²) in [5.74, 6) is 0.880. The monoisotopic (exact) mass is 236 g/mol. The van der Waals surface area contributed by atoms with Crippen LogP contribution in [-0.4, -0.2) is 5.78 Å². The predicted molar refractivity (Wildman–Crippen MR) is 45.5 cm³/mol. The first-order valence-electron chi connectivity index (χ1n) is 3.09. The second-order valence-corrected chi connectivity index (χ2v) is 3.68. The number of allylic oxidation sites excluding steroid dienone is 2. The van der Waals surface area contributed by atoms with Gasteiger partial charge in [0.1, 0.15) is 0 Å². The van der Waals surface area contributed by atoms with Gasteiger partial charge in [-0.1, -0.05) is 13.0 Å². The Balaban J connectivity index is 2.68. The number of hydrogen-bond acceptors (Lipinski definition) is 1. The van der Waals surface area contributed by atoms with E-state index in [-0.39, 0.29) is 0 Å². The minimum atomic E-state index is 0.314. The van der Waals surface area contributed by atoms with Gasteiger partial charge in [0.05, 0.1) is 3.58 Å². The molecular formula is C7H9IO. The fraction of sp³-hybridized carbons (Fsp3) is 0.571. The van der Waals surface area contributed by atoms with Crippen LogP contribution in [-0.2, 0) is 4.79 Å². The number of carbonyl (C=O) groups excluding carboxylic acids is 1. The number of ketones is 1. The van der Waals surface area contributed by atoms with E-state index >= 15 is 0 Å². The van der Waals surface area contributed by atoms with Crippen molar-refractivity contribution in [3.63, 3.8) is 0 Å². The maximum Gasteiger partial charge on any atom is 0.168 e. The molecule has 0 aromatic carbocycles. The number of carbonyl (C=O) groups is 1. The Labute approximate surface area is 68.7 Å². The molecule has 1 rings (SSSR count). The Morgan fingerprint density at radius 2 is 2.44 bits per heavy atom. The van der Waals surface area contributed by atoms with Gasteiger partial charge >= 0.3 is 0 Å². The van der Waals surface area contributed by atoms with Gasteiger partial charge in [-0.2, -0.15) is 0 Å². The summed E-state index contributed by atoms with van der Waals surface area (Å²) in [4.78, 5) is 10.9. The topological polar surface area (TPSA) is 17.1 Å². The van der Waals surface area contributed by atoms with Crippen LogP contribution in [0.4, 0.5) is 0 Å². The van der Waals surface area contributed by atoms with Gasteiger partial charge in [0.25, 0.3) is 0 Å². The van der Waals surface area contributed by atoms with Gasteiger partial charge in [0.15, 0.2) is 5.78 Å². The van der Waals surface area contributed by atoms with Gasteiger partial charge in [-0.3, -0.25) is 4.79 Å². The van der Waals surface area contributed by atoms with Gasteiger partial charge in [0.2, 0.25) is 0 Å². The molecule has 0 fully saturated rings. The highest BCUT2D eigenvalue weighted by Crippen LogP contribution is 2.23. The summed E-state index contributed by atoms with van der Waals surface area (Å²) in [6, 6.07) is 0. The summed E-state index contributed by atoms with van der Waals surface area (Å²) in [5.41, 5.74) is 0. The second kappa shape index (κ2) is 2.82. The maximum absolute atomic E-state index is 10.9. The third kappa shape index (κ3) is 1.78. The third-order valence-electron chi connectivity index (χ3n) is 1.50. The summed E-state index contributed by atoms with van der Waals surface area (Å²) in [5, 5.41) is 0. The molecule has 0 bridgehead atoms. The van der Waals surface area contributed by atoms with E-state index in [1.54, 1.807) is 0 Å². The largest absolute Gasteiger partial charge is 0.294 e. The van der Waals surface area contributed by atoms with E-state index < -0.39 is 0 Å². The number of rotatable bonds is 0. The van der Waals surface area contributed by atoms with Gasteiger partial charge in [-0.15, -0.1) is 0 Å². The predicted octanol–water partition coefficient (Wildman–Crippen LogP) is 2.30. The molecule has 0 aliphatic heterocycles. The highest BCUT2D eigenvalue weighted by atomic mass is 127. The quantitative estimate of drug-likeness (QED) is 0.590. The number of Topliss-reactive ketones (excluding diaryl/α,β-unsaturated/α-hetero) is 1. The molecule has 1 nitrogen and oxygen atoms in total. The van der Waals surface area contributed by atoms with Crippen molar-refractivity contribution in [2.75, 3.05) is 0 Å². The van der Waals surface area contributed by atoms with Crippen molar-refractivity contribution in [2.45, 2.75) is 19.8 Å². The molecule has 1 atom stereocenters. The molecule has 0 heterocycles. The summed E-state index contributed by atoms with van der Waals surface area (Å²) in [6.07, 6.45) is 3.84. The molecule has 0 aromatic rings. The second-order valence-electron chi connectivity index (χ2n) is 2.52. The smallest absolute Gasteiger partial charge is 0.168 e. The molecule has 50 valence electrons. The van der Waals surface area contributed by atoms with Crippen molar-refractivity contribution in [1.29, 1.82) is 0 Å². The van der Waals surface area contributed by atoms with Crippen LogP contribution in [0.3, 0.4) is 0 Å². The van der Waals surface area contributed by atoms with E-state index in [1.165, 1.54) is 0 Å². The minimum absolute atomic E-state index is 0.314. The molecule has 0 saturated carbocycles. The van der Waals surface area contributed by atoms with E-state index in [9.17, 15) is 4.79 Å². The average molecular weight is 236 g/mol. The van der Waals surface area contributed by atoms with Crippen molar-refractivity contribution in [1.82, 2.24) is 0 Å². The Bertz CT molecular complexity index is 160.